The normalized spacial score (nSPS) is 18.8. The Morgan fingerprint density at radius 1 is 1.50 bits per heavy atom. The topological polar surface area (TPSA) is 84.1 Å². The van der Waals surface area contributed by atoms with Crippen LogP contribution in [0, 0.1) is 5.92 Å². The van der Waals surface area contributed by atoms with Crippen molar-refractivity contribution in [3.05, 3.63) is 18.1 Å². The molecule has 1 fully saturated rings. The summed E-state index contributed by atoms with van der Waals surface area (Å²) in [5, 5.41) is 3.42. The monoisotopic (exact) mass is 277 g/mol. The van der Waals surface area contributed by atoms with Gasteiger partial charge in [-0.3, -0.25) is 4.79 Å². The van der Waals surface area contributed by atoms with Crippen molar-refractivity contribution < 1.29 is 4.79 Å². The Morgan fingerprint density at radius 2 is 2.30 bits per heavy atom. The summed E-state index contributed by atoms with van der Waals surface area (Å²) in [6, 6.07) is 0. The molecule has 2 heterocycles. The van der Waals surface area contributed by atoms with Gasteiger partial charge in [-0.05, 0) is 38.3 Å². The van der Waals surface area contributed by atoms with Crippen molar-refractivity contribution in [2.75, 3.05) is 31.1 Å². The fraction of sp³-hybridized carbons (Fsp3) is 0.643. The van der Waals surface area contributed by atoms with Crippen molar-refractivity contribution in [2.24, 2.45) is 11.7 Å². The Balaban J connectivity index is 2.16. The van der Waals surface area contributed by atoms with Crippen LogP contribution in [0.15, 0.2) is 12.4 Å². The van der Waals surface area contributed by atoms with Gasteiger partial charge < -0.3 is 16.0 Å². The zero-order chi connectivity index (χ0) is 14.4. The van der Waals surface area contributed by atoms with E-state index in [1.54, 1.807) is 6.20 Å². The maximum atomic E-state index is 11.5. The molecule has 0 aromatic carbocycles. The van der Waals surface area contributed by atoms with Crippen LogP contribution in [0.2, 0.25) is 0 Å². The summed E-state index contributed by atoms with van der Waals surface area (Å²) in [7, 11) is 0. The number of piperidine rings is 1. The van der Waals surface area contributed by atoms with Crippen LogP contribution in [0.1, 0.15) is 36.7 Å². The van der Waals surface area contributed by atoms with E-state index in [-0.39, 0.29) is 5.69 Å². The van der Waals surface area contributed by atoms with Gasteiger partial charge >= 0.3 is 0 Å². The van der Waals surface area contributed by atoms with Crippen molar-refractivity contribution in [3.63, 3.8) is 0 Å². The van der Waals surface area contributed by atoms with Crippen molar-refractivity contribution >= 4 is 11.7 Å². The number of hydrogen-bond acceptors (Lipinski definition) is 5. The smallest absolute Gasteiger partial charge is 0.271 e. The number of anilines is 1. The lowest BCUT2D eigenvalue weighted by Crippen LogP contribution is -2.40. The van der Waals surface area contributed by atoms with E-state index in [9.17, 15) is 4.79 Å². The Morgan fingerprint density at radius 3 is 2.95 bits per heavy atom. The Labute approximate surface area is 119 Å². The standard InChI is InChI=1S/C14H23N5O/c1-2-8-19(10-11-4-3-5-16-9-11)14-12(13(15)20)17-6-7-18-14/h6-7,11,16H,2-5,8-10H2,1H3,(H2,15,20). The molecule has 1 amide bonds. The van der Waals surface area contributed by atoms with Gasteiger partial charge in [-0.1, -0.05) is 6.92 Å². The summed E-state index contributed by atoms with van der Waals surface area (Å²) < 4.78 is 0. The molecule has 1 aliphatic heterocycles. The minimum absolute atomic E-state index is 0.268. The minimum atomic E-state index is -0.518. The maximum absolute atomic E-state index is 11.5. The zero-order valence-corrected chi connectivity index (χ0v) is 12.0. The van der Waals surface area contributed by atoms with Crippen LogP contribution >= 0.6 is 0 Å². The van der Waals surface area contributed by atoms with Crippen LogP contribution in [0.4, 0.5) is 5.82 Å². The SMILES string of the molecule is CCCN(CC1CCCNC1)c1nccnc1C(N)=O. The minimum Gasteiger partial charge on any atom is -0.364 e. The predicted molar refractivity (Wildman–Crippen MR) is 78.6 cm³/mol. The highest BCUT2D eigenvalue weighted by Crippen LogP contribution is 2.19. The lowest BCUT2D eigenvalue weighted by Gasteiger charge is -2.31. The maximum Gasteiger partial charge on any atom is 0.271 e. The summed E-state index contributed by atoms with van der Waals surface area (Å²) in [5.41, 5.74) is 5.67. The Hall–Kier alpha value is -1.69. The van der Waals surface area contributed by atoms with Gasteiger partial charge in [0, 0.05) is 25.5 Å². The second-order valence-electron chi connectivity index (χ2n) is 5.25. The predicted octanol–water partition coefficient (Wildman–Crippen LogP) is 0.792. The molecule has 1 unspecified atom stereocenters. The average Bonchev–Trinajstić information content (AvgIpc) is 2.48. The number of nitrogens with one attached hydrogen (secondary N) is 1. The van der Waals surface area contributed by atoms with Gasteiger partial charge in [-0.2, -0.15) is 0 Å². The molecule has 3 N–H and O–H groups in total. The molecule has 0 bridgehead atoms. The van der Waals surface area contributed by atoms with E-state index in [0.29, 0.717) is 11.7 Å². The molecular weight excluding hydrogens is 254 g/mol. The Kier molecular flexibility index (Phi) is 5.29. The van der Waals surface area contributed by atoms with E-state index in [1.165, 1.54) is 19.0 Å². The number of primary amides is 1. The van der Waals surface area contributed by atoms with Crippen LogP contribution < -0.4 is 16.0 Å². The molecule has 6 heteroatoms. The molecule has 0 radical (unpaired) electrons. The molecule has 1 aromatic rings. The number of hydrogen-bond donors (Lipinski definition) is 2. The van der Waals surface area contributed by atoms with Crippen molar-refractivity contribution in [1.29, 1.82) is 0 Å². The van der Waals surface area contributed by atoms with Crippen LogP contribution in [-0.2, 0) is 0 Å². The second-order valence-corrected chi connectivity index (χ2v) is 5.25. The average molecular weight is 277 g/mol. The molecule has 1 saturated heterocycles. The number of carbonyl (C=O) groups is 1. The number of nitrogens with two attached hydrogens (primary N) is 1. The summed E-state index contributed by atoms with van der Waals surface area (Å²) in [6.45, 7) is 5.98. The summed E-state index contributed by atoms with van der Waals surface area (Å²) in [4.78, 5) is 22.1. The van der Waals surface area contributed by atoms with Crippen molar-refractivity contribution in [3.8, 4) is 0 Å². The first-order chi connectivity index (χ1) is 9.72. The van der Waals surface area contributed by atoms with E-state index in [4.69, 9.17) is 5.73 Å². The van der Waals surface area contributed by atoms with E-state index >= 15 is 0 Å². The lowest BCUT2D eigenvalue weighted by molar-refractivity contribution is 0.0995. The highest BCUT2D eigenvalue weighted by molar-refractivity contribution is 5.95. The molecular formula is C14H23N5O. The molecule has 0 aliphatic carbocycles. The van der Waals surface area contributed by atoms with Gasteiger partial charge in [0.05, 0.1) is 0 Å². The number of aromatic nitrogens is 2. The molecule has 1 aromatic heterocycles. The Bertz CT molecular complexity index is 445. The lowest BCUT2D eigenvalue weighted by atomic mass is 9.99. The van der Waals surface area contributed by atoms with E-state index < -0.39 is 5.91 Å². The highest BCUT2D eigenvalue weighted by atomic mass is 16.1. The molecule has 110 valence electrons. The van der Waals surface area contributed by atoms with Crippen molar-refractivity contribution in [1.82, 2.24) is 15.3 Å². The van der Waals surface area contributed by atoms with Crippen LogP contribution in [0.3, 0.4) is 0 Å². The van der Waals surface area contributed by atoms with Gasteiger partial charge in [0.2, 0.25) is 0 Å². The molecule has 1 atom stereocenters. The van der Waals surface area contributed by atoms with Gasteiger partial charge in [-0.15, -0.1) is 0 Å². The first-order valence-electron chi connectivity index (χ1n) is 7.28. The van der Waals surface area contributed by atoms with E-state index in [0.717, 1.165) is 32.6 Å². The fourth-order valence-corrected chi connectivity index (χ4v) is 2.68. The fourth-order valence-electron chi connectivity index (χ4n) is 2.68. The number of rotatable bonds is 6. The third-order valence-electron chi connectivity index (χ3n) is 3.58. The molecule has 0 spiro atoms. The summed E-state index contributed by atoms with van der Waals surface area (Å²) in [6.07, 6.45) is 6.53. The van der Waals surface area contributed by atoms with Gasteiger partial charge in [-0.25, -0.2) is 9.97 Å². The van der Waals surface area contributed by atoms with Gasteiger partial charge in [0.15, 0.2) is 11.5 Å². The summed E-state index contributed by atoms with van der Waals surface area (Å²) >= 11 is 0. The molecule has 2 rings (SSSR count). The van der Waals surface area contributed by atoms with Crippen LogP contribution in [0.25, 0.3) is 0 Å². The number of carbonyl (C=O) groups excluding carboxylic acids is 1. The number of amides is 1. The van der Waals surface area contributed by atoms with E-state index in [2.05, 4.69) is 27.1 Å². The van der Waals surface area contributed by atoms with E-state index in [1.807, 2.05) is 0 Å². The highest BCUT2D eigenvalue weighted by Gasteiger charge is 2.21. The van der Waals surface area contributed by atoms with Crippen molar-refractivity contribution in [2.45, 2.75) is 26.2 Å². The van der Waals surface area contributed by atoms with Crippen LogP contribution in [-0.4, -0.2) is 42.1 Å². The molecule has 20 heavy (non-hydrogen) atoms. The third-order valence-corrected chi connectivity index (χ3v) is 3.58. The largest absolute Gasteiger partial charge is 0.364 e. The molecule has 1 aliphatic rings. The second kappa shape index (κ2) is 7.19. The molecule has 6 nitrogen and oxygen atoms in total. The van der Waals surface area contributed by atoms with Gasteiger partial charge in [0.1, 0.15) is 0 Å². The van der Waals surface area contributed by atoms with Gasteiger partial charge in [0.25, 0.3) is 5.91 Å². The zero-order valence-electron chi connectivity index (χ0n) is 12.0. The quantitative estimate of drug-likeness (QED) is 0.803. The van der Waals surface area contributed by atoms with Crippen LogP contribution in [0.5, 0.6) is 0 Å². The summed E-state index contributed by atoms with van der Waals surface area (Å²) in [5.74, 6) is 0.682. The first kappa shape index (κ1) is 14.7. The first-order valence-corrected chi connectivity index (χ1v) is 7.28. The third kappa shape index (κ3) is 3.66. The number of nitrogens with zero attached hydrogens (tertiary/aromatic N) is 3. The molecule has 0 saturated carbocycles.